The number of ether oxygens (including phenoxy) is 1. The summed E-state index contributed by atoms with van der Waals surface area (Å²) >= 11 is 7.19. The number of H-pyrrole nitrogens is 1. The Morgan fingerprint density at radius 2 is 2.20 bits per heavy atom. The molecule has 0 fully saturated rings. The lowest BCUT2D eigenvalue weighted by Gasteiger charge is -2.23. The maximum atomic E-state index is 11.5. The predicted molar refractivity (Wildman–Crippen MR) is 75.7 cm³/mol. The molecule has 0 spiro atoms. The van der Waals surface area contributed by atoms with Gasteiger partial charge in [0, 0.05) is 5.02 Å². The minimum atomic E-state index is -0.485. The Kier molecular flexibility index (Phi) is 3.01. The fourth-order valence-corrected chi connectivity index (χ4v) is 3.29. The second kappa shape index (κ2) is 4.71. The van der Waals surface area contributed by atoms with E-state index in [0.717, 1.165) is 11.3 Å². The SMILES string of the molecule is N#CC1=C(N)Oc2[nH]c(=O)sc2C1c1ccccc1Cl. The van der Waals surface area contributed by atoms with Crippen LogP contribution in [0.5, 0.6) is 5.88 Å². The number of thiazole rings is 1. The number of hydrogen-bond donors (Lipinski definition) is 2. The van der Waals surface area contributed by atoms with Crippen molar-refractivity contribution in [2.45, 2.75) is 5.92 Å². The molecule has 2 heterocycles. The van der Waals surface area contributed by atoms with E-state index in [1.807, 2.05) is 12.1 Å². The zero-order chi connectivity index (χ0) is 14.3. The van der Waals surface area contributed by atoms with Crippen LogP contribution in [-0.4, -0.2) is 4.98 Å². The molecule has 1 aromatic carbocycles. The first-order chi connectivity index (χ1) is 9.61. The number of nitriles is 1. The monoisotopic (exact) mass is 305 g/mol. The summed E-state index contributed by atoms with van der Waals surface area (Å²) in [4.78, 5) is 14.4. The van der Waals surface area contributed by atoms with Crippen molar-refractivity contribution in [2.75, 3.05) is 0 Å². The summed E-state index contributed by atoms with van der Waals surface area (Å²) in [5.74, 6) is -0.221. The zero-order valence-electron chi connectivity index (χ0n) is 10.0. The molecule has 0 saturated carbocycles. The topological polar surface area (TPSA) is 91.9 Å². The van der Waals surface area contributed by atoms with Crippen LogP contribution in [0.4, 0.5) is 0 Å². The summed E-state index contributed by atoms with van der Waals surface area (Å²) < 4.78 is 5.29. The van der Waals surface area contributed by atoms with Crippen molar-refractivity contribution in [3.63, 3.8) is 0 Å². The number of halogens is 1. The van der Waals surface area contributed by atoms with Gasteiger partial charge in [0.1, 0.15) is 11.6 Å². The predicted octanol–water partition coefficient (Wildman–Crippen LogP) is 2.31. The molecule has 1 aliphatic heterocycles. The van der Waals surface area contributed by atoms with Crippen molar-refractivity contribution in [1.82, 2.24) is 4.98 Å². The highest BCUT2D eigenvalue weighted by molar-refractivity contribution is 7.09. The third-order valence-electron chi connectivity index (χ3n) is 3.01. The molecule has 3 N–H and O–H groups in total. The molecule has 0 bridgehead atoms. The van der Waals surface area contributed by atoms with Crippen LogP contribution >= 0.6 is 22.9 Å². The van der Waals surface area contributed by atoms with E-state index in [-0.39, 0.29) is 22.2 Å². The number of nitrogens with two attached hydrogens (primary N) is 1. The van der Waals surface area contributed by atoms with Crippen molar-refractivity contribution in [1.29, 1.82) is 5.26 Å². The van der Waals surface area contributed by atoms with E-state index in [9.17, 15) is 10.1 Å². The minimum Gasteiger partial charge on any atom is -0.423 e. The van der Waals surface area contributed by atoms with E-state index in [1.165, 1.54) is 0 Å². The van der Waals surface area contributed by atoms with Crippen molar-refractivity contribution < 1.29 is 4.74 Å². The van der Waals surface area contributed by atoms with Gasteiger partial charge >= 0.3 is 4.87 Å². The van der Waals surface area contributed by atoms with Crippen LogP contribution in [0, 0.1) is 11.3 Å². The second-order valence-electron chi connectivity index (χ2n) is 4.15. The summed E-state index contributed by atoms with van der Waals surface area (Å²) in [5, 5.41) is 9.83. The molecule has 7 heteroatoms. The maximum Gasteiger partial charge on any atom is 0.307 e. The highest BCUT2D eigenvalue weighted by Crippen LogP contribution is 2.44. The summed E-state index contributed by atoms with van der Waals surface area (Å²) in [6, 6.07) is 9.19. The smallest absolute Gasteiger partial charge is 0.307 e. The van der Waals surface area contributed by atoms with Gasteiger partial charge in [-0.15, -0.1) is 0 Å². The van der Waals surface area contributed by atoms with Gasteiger partial charge in [-0.3, -0.25) is 9.78 Å². The molecule has 0 radical (unpaired) electrons. The molecule has 0 aliphatic carbocycles. The van der Waals surface area contributed by atoms with Crippen LogP contribution in [0.2, 0.25) is 5.02 Å². The Bertz CT molecular complexity index is 816. The van der Waals surface area contributed by atoms with E-state index < -0.39 is 5.92 Å². The zero-order valence-corrected chi connectivity index (χ0v) is 11.6. The fourth-order valence-electron chi connectivity index (χ4n) is 2.16. The Hall–Kier alpha value is -2.23. The van der Waals surface area contributed by atoms with Gasteiger partial charge in [0.2, 0.25) is 11.8 Å². The van der Waals surface area contributed by atoms with Gasteiger partial charge in [-0.2, -0.15) is 5.26 Å². The number of nitrogens with one attached hydrogen (secondary N) is 1. The Morgan fingerprint density at radius 1 is 1.45 bits per heavy atom. The molecule has 2 aromatic rings. The van der Waals surface area contributed by atoms with E-state index in [2.05, 4.69) is 4.98 Å². The van der Waals surface area contributed by atoms with E-state index in [4.69, 9.17) is 22.1 Å². The van der Waals surface area contributed by atoms with Gasteiger partial charge in [-0.1, -0.05) is 41.1 Å². The number of aromatic amines is 1. The Morgan fingerprint density at radius 3 is 2.90 bits per heavy atom. The van der Waals surface area contributed by atoms with Gasteiger partial charge in [0.15, 0.2) is 0 Å². The lowest BCUT2D eigenvalue weighted by molar-refractivity contribution is 0.382. The molecule has 20 heavy (non-hydrogen) atoms. The summed E-state index contributed by atoms with van der Waals surface area (Å²) in [6.07, 6.45) is 0. The van der Waals surface area contributed by atoms with Crippen molar-refractivity contribution in [3.05, 3.63) is 60.9 Å². The van der Waals surface area contributed by atoms with E-state index >= 15 is 0 Å². The number of benzene rings is 1. The number of hydrogen-bond acceptors (Lipinski definition) is 5. The molecule has 0 amide bonds. The average molecular weight is 306 g/mol. The van der Waals surface area contributed by atoms with E-state index in [0.29, 0.717) is 15.5 Å². The highest BCUT2D eigenvalue weighted by Gasteiger charge is 2.34. The van der Waals surface area contributed by atoms with Gasteiger partial charge in [0.25, 0.3) is 0 Å². The fraction of sp³-hybridized carbons (Fsp3) is 0.0769. The van der Waals surface area contributed by atoms with Crippen LogP contribution in [0.1, 0.15) is 16.4 Å². The normalized spacial score (nSPS) is 17.3. The largest absolute Gasteiger partial charge is 0.423 e. The quantitative estimate of drug-likeness (QED) is 0.845. The number of rotatable bonds is 1. The van der Waals surface area contributed by atoms with Crippen molar-refractivity contribution in [2.24, 2.45) is 5.73 Å². The summed E-state index contributed by atoms with van der Waals surface area (Å²) in [5.41, 5.74) is 6.73. The van der Waals surface area contributed by atoms with Crippen LogP contribution in [0.25, 0.3) is 0 Å². The minimum absolute atomic E-state index is 0.0148. The Labute approximate surface area is 122 Å². The summed E-state index contributed by atoms with van der Waals surface area (Å²) in [6.45, 7) is 0. The lowest BCUT2D eigenvalue weighted by Crippen LogP contribution is -2.20. The summed E-state index contributed by atoms with van der Waals surface area (Å²) in [7, 11) is 0. The molecule has 1 atom stereocenters. The van der Waals surface area contributed by atoms with Crippen LogP contribution in [0.3, 0.4) is 0 Å². The number of aromatic nitrogens is 1. The highest BCUT2D eigenvalue weighted by atomic mass is 35.5. The van der Waals surface area contributed by atoms with Crippen LogP contribution < -0.4 is 15.3 Å². The Balaban J connectivity index is 2.28. The number of nitrogens with zero attached hydrogens (tertiary/aromatic N) is 1. The molecule has 0 saturated heterocycles. The lowest BCUT2D eigenvalue weighted by atomic mass is 9.89. The van der Waals surface area contributed by atoms with Crippen molar-refractivity contribution >= 4 is 22.9 Å². The van der Waals surface area contributed by atoms with Gasteiger partial charge < -0.3 is 10.5 Å². The molecular formula is C13H8ClN3O2S. The molecular weight excluding hydrogens is 298 g/mol. The van der Waals surface area contributed by atoms with Gasteiger partial charge in [-0.05, 0) is 11.6 Å². The average Bonchev–Trinajstić information content (AvgIpc) is 2.78. The third-order valence-corrected chi connectivity index (χ3v) is 4.28. The third kappa shape index (κ3) is 1.88. The first kappa shape index (κ1) is 12.8. The van der Waals surface area contributed by atoms with Crippen LogP contribution in [0.15, 0.2) is 40.5 Å². The molecule has 1 aromatic heterocycles. The first-order valence-corrected chi connectivity index (χ1v) is 6.86. The van der Waals surface area contributed by atoms with Gasteiger partial charge in [0.05, 0.1) is 10.8 Å². The first-order valence-electron chi connectivity index (χ1n) is 5.67. The standard InChI is InChI=1S/C13H8ClN3O2S/c14-8-4-2-1-3-6(8)9-7(5-15)11(16)19-12-10(9)20-13(18)17-12/h1-4,9H,16H2,(H,17,18). The molecule has 100 valence electrons. The van der Waals surface area contributed by atoms with Crippen LogP contribution in [-0.2, 0) is 0 Å². The number of allylic oxidation sites excluding steroid dienone is 1. The van der Waals surface area contributed by atoms with Gasteiger partial charge in [-0.25, -0.2) is 0 Å². The van der Waals surface area contributed by atoms with Crippen molar-refractivity contribution in [3.8, 4) is 11.9 Å². The van der Waals surface area contributed by atoms with E-state index in [1.54, 1.807) is 18.2 Å². The molecule has 1 unspecified atom stereocenters. The second-order valence-corrected chi connectivity index (χ2v) is 5.58. The molecule has 3 rings (SSSR count). The number of fused-ring (bicyclic) bond motifs is 1. The molecule has 5 nitrogen and oxygen atoms in total. The molecule has 1 aliphatic rings. The maximum absolute atomic E-state index is 11.5.